The Kier molecular flexibility index (Phi) is 4.37. The van der Waals surface area contributed by atoms with E-state index in [-0.39, 0.29) is 17.7 Å². The predicted octanol–water partition coefficient (Wildman–Crippen LogP) is 3.52. The van der Waals surface area contributed by atoms with Gasteiger partial charge in [-0.25, -0.2) is 0 Å². The van der Waals surface area contributed by atoms with Gasteiger partial charge in [-0.1, -0.05) is 36.6 Å². The number of carboxylic acid groups (broad SMARTS) is 1. The van der Waals surface area contributed by atoms with Gasteiger partial charge < -0.3 is 10.4 Å². The molecule has 0 saturated heterocycles. The maximum Gasteiger partial charge on any atom is 0.310 e. The first-order chi connectivity index (χ1) is 11.0. The van der Waals surface area contributed by atoms with Crippen LogP contribution in [0.4, 0.5) is 0 Å². The second-order valence-corrected chi connectivity index (χ2v) is 7.47. The lowest BCUT2D eigenvalue weighted by Gasteiger charge is -2.43. The molecule has 0 heterocycles. The summed E-state index contributed by atoms with van der Waals surface area (Å²) >= 11 is 5.95. The predicted molar refractivity (Wildman–Crippen MR) is 88.5 cm³/mol. The number of aliphatic carboxylic acids is 1. The Balaban J connectivity index is 1.61. The van der Waals surface area contributed by atoms with Gasteiger partial charge >= 0.3 is 5.97 Å². The van der Waals surface area contributed by atoms with E-state index in [2.05, 4.69) is 5.32 Å². The zero-order valence-corrected chi connectivity index (χ0v) is 13.9. The average Bonchev–Trinajstić information content (AvgIpc) is 2.43. The molecular formula is C18H22ClNO3. The Labute approximate surface area is 141 Å². The lowest BCUT2D eigenvalue weighted by molar-refractivity contribution is -0.157. The molecule has 0 bridgehead atoms. The normalized spacial score (nSPS) is 20.9. The summed E-state index contributed by atoms with van der Waals surface area (Å²) in [5, 5.41) is 13.0. The molecule has 3 rings (SSSR count). The van der Waals surface area contributed by atoms with E-state index in [0.717, 1.165) is 25.7 Å². The Morgan fingerprint density at radius 3 is 2.13 bits per heavy atom. The number of rotatable bonds is 6. The zero-order chi connectivity index (χ0) is 16.5. The minimum absolute atomic E-state index is 0.0176. The summed E-state index contributed by atoms with van der Waals surface area (Å²) in [7, 11) is 0. The number of amides is 1. The fourth-order valence-electron chi connectivity index (χ4n) is 3.68. The Morgan fingerprint density at radius 1 is 1.09 bits per heavy atom. The van der Waals surface area contributed by atoms with Crippen molar-refractivity contribution in [3.63, 3.8) is 0 Å². The third-order valence-corrected chi connectivity index (χ3v) is 5.91. The summed E-state index contributed by atoms with van der Waals surface area (Å²) < 4.78 is 0. The average molecular weight is 336 g/mol. The summed E-state index contributed by atoms with van der Waals surface area (Å²) in [6.07, 6.45) is 5.44. The zero-order valence-electron chi connectivity index (χ0n) is 13.1. The number of hydrogen-bond acceptors (Lipinski definition) is 2. The summed E-state index contributed by atoms with van der Waals surface area (Å²) in [6, 6.07) is 7.82. The van der Waals surface area contributed by atoms with Gasteiger partial charge in [0.25, 0.3) is 0 Å². The number of benzene rings is 1. The van der Waals surface area contributed by atoms with Crippen molar-refractivity contribution in [2.24, 2.45) is 5.41 Å². The Morgan fingerprint density at radius 2 is 1.70 bits per heavy atom. The van der Waals surface area contributed by atoms with Crippen LogP contribution in [0.25, 0.3) is 0 Å². The molecule has 5 heteroatoms. The van der Waals surface area contributed by atoms with Crippen LogP contribution in [0.2, 0.25) is 5.02 Å². The molecular weight excluding hydrogens is 314 g/mol. The molecule has 1 aromatic rings. The fraction of sp³-hybridized carbons (Fsp3) is 0.556. The molecule has 0 aliphatic heterocycles. The maximum absolute atomic E-state index is 12.2. The van der Waals surface area contributed by atoms with Crippen molar-refractivity contribution in [3.05, 3.63) is 34.9 Å². The number of halogens is 1. The van der Waals surface area contributed by atoms with E-state index in [1.54, 1.807) is 0 Å². The Bertz CT molecular complexity index is 603. The van der Waals surface area contributed by atoms with Crippen LogP contribution in [0.3, 0.4) is 0 Å². The van der Waals surface area contributed by atoms with E-state index in [0.29, 0.717) is 24.4 Å². The SMILES string of the molecule is O=C(CC1(C(=O)O)CCC1)NCC1(c2ccc(Cl)cc2)CCC1. The second-order valence-electron chi connectivity index (χ2n) is 7.03. The molecule has 0 radical (unpaired) electrons. The highest BCUT2D eigenvalue weighted by atomic mass is 35.5. The van der Waals surface area contributed by atoms with Crippen LogP contribution in [-0.4, -0.2) is 23.5 Å². The van der Waals surface area contributed by atoms with Crippen molar-refractivity contribution in [2.75, 3.05) is 6.54 Å². The highest BCUT2D eigenvalue weighted by Gasteiger charge is 2.46. The van der Waals surface area contributed by atoms with Crippen molar-refractivity contribution >= 4 is 23.5 Å². The summed E-state index contributed by atoms with van der Waals surface area (Å²) in [5.74, 6) is -0.984. The molecule has 0 atom stereocenters. The molecule has 0 unspecified atom stereocenters. The van der Waals surface area contributed by atoms with Crippen LogP contribution >= 0.6 is 11.6 Å². The topological polar surface area (TPSA) is 66.4 Å². The maximum atomic E-state index is 12.2. The fourth-order valence-corrected chi connectivity index (χ4v) is 3.81. The molecule has 2 aliphatic rings. The molecule has 2 N–H and O–H groups in total. The molecule has 23 heavy (non-hydrogen) atoms. The monoisotopic (exact) mass is 335 g/mol. The molecule has 1 aromatic carbocycles. The highest BCUT2D eigenvalue weighted by Crippen LogP contribution is 2.45. The van der Waals surface area contributed by atoms with Crippen molar-refractivity contribution < 1.29 is 14.7 Å². The first-order valence-corrected chi connectivity index (χ1v) is 8.60. The third kappa shape index (κ3) is 3.09. The molecule has 1 amide bonds. The van der Waals surface area contributed by atoms with E-state index in [4.69, 9.17) is 11.6 Å². The lowest BCUT2D eigenvalue weighted by atomic mass is 9.64. The van der Waals surface area contributed by atoms with Crippen LogP contribution in [0.5, 0.6) is 0 Å². The number of hydrogen-bond donors (Lipinski definition) is 2. The largest absolute Gasteiger partial charge is 0.481 e. The molecule has 0 spiro atoms. The molecule has 2 saturated carbocycles. The highest BCUT2D eigenvalue weighted by molar-refractivity contribution is 6.30. The van der Waals surface area contributed by atoms with E-state index in [1.165, 1.54) is 5.56 Å². The van der Waals surface area contributed by atoms with E-state index in [9.17, 15) is 14.7 Å². The summed E-state index contributed by atoms with van der Waals surface area (Å²) in [5.41, 5.74) is 0.359. The van der Waals surface area contributed by atoms with Crippen molar-refractivity contribution in [1.82, 2.24) is 5.32 Å². The van der Waals surface area contributed by atoms with E-state index in [1.807, 2.05) is 24.3 Å². The number of carboxylic acids is 1. The van der Waals surface area contributed by atoms with Gasteiger partial charge in [0.05, 0.1) is 5.41 Å². The van der Waals surface area contributed by atoms with E-state index < -0.39 is 11.4 Å². The lowest BCUT2D eigenvalue weighted by Crippen LogP contribution is -2.48. The van der Waals surface area contributed by atoms with Crippen molar-refractivity contribution in [2.45, 2.75) is 50.4 Å². The van der Waals surface area contributed by atoms with Crippen LogP contribution < -0.4 is 5.32 Å². The van der Waals surface area contributed by atoms with Gasteiger partial charge in [-0.05, 0) is 43.4 Å². The second kappa shape index (κ2) is 6.16. The molecule has 2 aliphatic carbocycles. The van der Waals surface area contributed by atoms with Crippen molar-refractivity contribution in [1.29, 1.82) is 0 Å². The standard InChI is InChI=1S/C18H22ClNO3/c19-14-5-3-13(4-6-14)18(9-2-10-18)12-20-15(21)11-17(16(22)23)7-1-8-17/h3-6H,1-2,7-12H2,(H,20,21)(H,22,23). The minimum atomic E-state index is -0.838. The smallest absolute Gasteiger partial charge is 0.310 e. The van der Waals surface area contributed by atoms with Gasteiger partial charge in [0.15, 0.2) is 0 Å². The quantitative estimate of drug-likeness (QED) is 0.835. The number of carbonyl (C=O) groups excluding carboxylic acids is 1. The molecule has 2 fully saturated rings. The van der Waals surface area contributed by atoms with Gasteiger partial charge in [-0.15, -0.1) is 0 Å². The first kappa shape index (κ1) is 16.3. The van der Waals surface area contributed by atoms with Crippen LogP contribution in [0.15, 0.2) is 24.3 Å². The van der Waals surface area contributed by atoms with Gasteiger partial charge in [0.2, 0.25) is 5.91 Å². The van der Waals surface area contributed by atoms with Gasteiger partial charge in [-0.2, -0.15) is 0 Å². The van der Waals surface area contributed by atoms with Crippen LogP contribution in [0, 0.1) is 5.41 Å². The van der Waals surface area contributed by atoms with Gasteiger partial charge in [-0.3, -0.25) is 9.59 Å². The molecule has 0 aromatic heterocycles. The van der Waals surface area contributed by atoms with Crippen molar-refractivity contribution in [3.8, 4) is 0 Å². The van der Waals surface area contributed by atoms with Gasteiger partial charge in [0, 0.05) is 23.4 Å². The van der Waals surface area contributed by atoms with Gasteiger partial charge in [0.1, 0.15) is 0 Å². The first-order valence-electron chi connectivity index (χ1n) is 8.22. The van der Waals surface area contributed by atoms with E-state index >= 15 is 0 Å². The summed E-state index contributed by atoms with van der Waals surface area (Å²) in [6.45, 7) is 0.573. The Hall–Kier alpha value is -1.55. The number of nitrogens with one attached hydrogen (secondary N) is 1. The van der Waals surface area contributed by atoms with Crippen LogP contribution in [-0.2, 0) is 15.0 Å². The summed E-state index contributed by atoms with van der Waals surface area (Å²) in [4.78, 5) is 23.6. The number of carbonyl (C=O) groups is 2. The molecule has 124 valence electrons. The third-order valence-electron chi connectivity index (χ3n) is 5.65. The van der Waals surface area contributed by atoms with Crippen LogP contribution in [0.1, 0.15) is 50.5 Å². The minimum Gasteiger partial charge on any atom is -0.481 e. The molecule has 4 nitrogen and oxygen atoms in total.